The number of hydrogen-bond donors (Lipinski definition) is 1. The van der Waals surface area contributed by atoms with Crippen molar-refractivity contribution in [2.24, 2.45) is 0 Å². The molecule has 0 bridgehead atoms. The van der Waals surface area contributed by atoms with E-state index in [1.807, 2.05) is 4.90 Å². The van der Waals surface area contributed by atoms with Gasteiger partial charge in [0.15, 0.2) is 0 Å². The lowest BCUT2D eigenvalue weighted by molar-refractivity contribution is 0.631. The summed E-state index contributed by atoms with van der Waals surface area (Å²) >= 11 is 11.8. The Kier molecular flexibility index (Phi) is 4.07. The molecule has 0 radical (unpaired) electrons. The van der Waals surface area contributed by atoms with Gasteiger partial charge >= 0.3 is 0 Å². The van der Waals surface area contributed by atoms with Gasteiger partial charge in [-0.3, -0.25) is 0 Å². The maximum Gasteiger partial charge on any atom is 0.233 e. The smallest absolute Gasteiger partial charge is 0.233 e. The quantitative estimate of drug-likeness (QED) is 0.932. The number of halogens is 3. The van der Waals surface area contributed by atoms with Crippen LogP contribution in [0.5, 0.6) is 0 Å². The van der Waals surface area contributed by atoms with Gasteiger partial charge in [0.05, 0.1) is 5.69 Å². The van der Waals surface area contributed by atoms with Crippen molar-refractivity contribution in [2.75, 3.05) is 23.3 Å². The van der Waals surface area contributed by atoms with E-state index in [-0.39, 0.29) is 16.9 Å². The molecule has 1 aliphatic heterocycles. The van der Waals surface area contributed by atoms with E-state index < -0.39 is 5.82 Å². The number of nitrogens with one attached hydrogen (secondary N) is 1. The largest absolute Gasteiger partial charge is 0.341 e. The highest BCUT2D eigenvalue weighted by atomic mass is 35.5. The molecule has 0 spiro atoms. The average molecular weight is 328 g/mol. The Morgan fingerprint density at radius 1 is 1.10 bits per heavy atom. The van der Waals surface area contributed by atoms with Crippen molar-refractivity contribution in [1.29, 1.82) is 0 Å². The summed E-state index contributed by atoms with van der Waals surface area (Å²) in [5, 5.41) is 3.27. The molecule has 2 heterocycles. The molecule has 0 aliphatic carbocycles. The van der Waals surface area contributed by atoms with Crippen LogP contribution in [-0.4, -0.2) is 28.0 Å². The van der Waals surface area contributed by atoms with Crippen LogP contribution in [0.3, 0.4) is 0 Å². The first-order chi connectivity index (χ1) is 10.1. The fraction of sp³-hybridized carbons (Fsp3) is 0.308. The van der Waals surface area contributed by atoms with Crippen molar-refractivity contribution < 1.29 is 4.39 Å². The van der Waals surface area contributed by atoms with Gasteiger partial charge in [0.1, 0.15) is 5.82 Å². The molecule has 1 aliphatic rings. The summed E-state index contributed by atoms with van der Waals surface area (Å²) in [5.74, 6) is 0.245. The number of nitrogens with zero attached hydrogens (tertiary/aromatic N) is 4. The normalized spacial score (nSPS) is 14.5. The van der Waals surface area contributed by atoms with Crippen LogP contribution >= 0.6 is 23.2 Å². The first-order valence-electron chi connectivity index (χ1n) is 6.50. The monoisotopic (exact) mass is 327 g/mol. The molecule has 0 unspecified atom stereocenters. The summed E-state index contributed by atoms with van der Waals surface area (Å²) in [4.78, 5) is 14.4. The first kappa shape index (κ1) is 14.3. The number of benzene rings is 1. The van der Waals surface area contributed by atoms with Gasteiger partial charge in [-0.2, -0.15) is 15.0 Å². The standard InChI is InChI=1S/C13H12Cl2FN5/c14-8-3-4-9(16)10(7-8)17-12-18-11(15)19-13(20-12)21-5-1-2-6-21/h3-4,7H,1-2,5-6H2,(H,17,18,19,20). The molecule has 0 saturated carbocycles. The number of rotatable bonds is 3. The molecular formula is C13H12Cl2FN5. The van der Waals surface area contributed by atoms with E-state index in [1.165, 1.54) is 18.2 Å². The molecule has 1 fully saturated rings. The molecular weight excluding hydrogens is 316 g/mol. The van der Waals surface area contributed by atoms with Gasteiger partial charge in [0.25, 0.3) is 0 Å². The molecule has 1 aromatic carbocycles. The zero-order valence-electron chi connectivity index (χ0n) is 11.0. The Morgan fingerprint density at radius 2 is 1.86 bits per heavy atom. The van der Waals surface area contributed by atoms with Crippen LogP contribution in [0, 0.1) is 5.82 Å². The SMILES string of the molecule is Fc1ccc(Cl)cc1Nc1nc(Cl)nc(N2CCCC2)n1. The summed E-state index contributed by atoms with van der Waals surface area (Å²) in [6, 6.07) is 4.21. The van der Waals surface area contributed by atoms with Gasteiger partial charge in [-0.05, 0) is 42.6 Å². The van der Waals surface area contributed by atoms with Crippen molar-refractivity contribution in [3.05, 3.63) is 34.3 Å². The minimum absolute atomic E-state index is 0.0665. The van der Waals surface area contributed by atoms with Crippen molar-refractivity contribution >= 4 is 40.8 Å². The van der Waals surface area contributed by atoms with Crippen LogP contribution in [-0.2, 0) is 0 Å². The summed E-state index contributed by atoms with van der Waals surface area (Å²) < 4.78 is 13.7. The predicted molar refractivity (Wildman–Crippen MR) is 81.0 cm³/mol. The van der Waals surface area contributed by atoms with E-state index >= 15 is 0 Å². The minimum atomic E-state index is -0.446. The van der Waals surface area contributed by atoms with Crippen molar-refractivity contribution in [2.45, 2.75) is 12.8 Å². The Bertz CT molecular complexity index is 661. The van der Waals surface area contributed by atoms with Crippen LogP contribution in [0.2, 0.25) is 10.3 Å². The maximum atomic E-state index is 13.7. The zero-order chi connectivity index (χ0) is 14.8. The van der Waals surface area contributed by atoms with E-state index in [4.69, 9.17) is 23.2 Å². The summed E-state index contributed by atoms with van der Waals surface area (Å²) in [5.41, 5.74) is 0.192. The van der Waals surface area contributed by atoms with Crippen LogP contribution in [0.15, 0.2) is 18.2 Å². The van der Waals surface area contributed by atoms with Crippen LogP contribution in [0.25, 0.3) is 0 Å². The number of aromatic nitrogens is 3. The number of hydrogen-bond acceptors (Lipinski definition) is 5. The van der Waals surface area contributed by atoms with Crippen molar-refractivity contribution in [3.8, 4) is 0 Å². The van der Waals surface area contributed by atoms with Gasteiger partial charge in [0.2, 0.25) is 17.2 Å². The second-order valence-electron chi connectivity index (χ2n) is 4.67. The van der Waals surface area contributed by atoms with E-state index in [2.05, 4.69) is 20.3 Å². The molecule has 8 heteroatoms. The molecule has 0 amide bonds. The van der Waals surface area contributed by atoms with E-state index in [0.29, 0.717) is 11.0 Å². The zero-order valence-corrected chi connectivity index (χ0v) is 12.5. The Hall–Kier alpha value is -1.66. The molecule has 21 heavy (non-hydrogen) atoms. The topological polar surface area (TPSA) is 53.9 Å². The second kappa shape index (κ2) is 5.99. The molecule has 3 rings (SSSR count). The van der Waals surface area contributed by atoms with Crippen LogP contribution in [0.1, 0.15) is 12.8 Å². The molecule has 1 aromatic heterocycles. The average Bonchev–Trinajstić information content (AvgIpc) is 2.96. The Morgan fingerprint density at radius 3 is 2.62 bits per heavy atom. The number of anilines is 3. The summed E-state index contributed by atoms with van der Waals surface area (Å²) in [6.45, 7) is 1.76. The van der Waals surface area contributed by atoms with E-state index in [1.54, 1.807) is 0 Å². The van der Waals surface area contributed by atoms with Gasteiger partial charge in [0, 0.05) is 18.1 Å². The lowest BCUT2D eigenvalue weighted by atomic mass is 10.3. The highest BCUT2D eigenvalue weighted by Gasteiger charge is 2.17. The lowest BCUT2D eigenvalue weighted by Crippen LogP contribution is -2.21. The third kappa shape index (κ3) is 3.33. The summed E-state index contributed by atoms with van der Waals surface area (Å²) in [7, 11) is 0. The van der Waals surface area contributed by atoms with Gasteiger partial charge in [-0.1, -0.05) is 11.6 Å². The molecule has 1 N–H and O–H groups in total. The minimum Gasteiger partial charge on any atom is -0.341 e. The highest BCUT2D eigenvalue weighted by Crippen LogP contribution is 2.24. The Balaban J connectivity index is 1.89. The second-order valence-corrected chi connectivity index (χ2v) is 5.45. The van der Waals surface area contributed by atoms with Gasteiger partial charge in [-0.25, -0.2) is 4.39 Å². The third-order valence-corrected chi connectivity index (χ3v) is 3.56. The first-order valence-corrected chi connectivity index (χ1v) is 7.26. The maximum absolute atomic E-state index is 13.7. The third-order valence-electron chi connectivity index (χ3n) is 3.16. The molecule has 110 valence electrons. The lowest BCUT2D eigenvalue weighted by Gasteiger charge is -2.16. The fourth-order valence-electron chi connectivity index (χ4n) is 2.17. The van der Waals surface area contributed by atoms with Crippen LogP contribution < -0.4 is 10.2 Å². The van der Waals surface area contributed by atoms with E-state index in [0.717, 1.165) is 25.9 Å². The Labute approximate surface area is 131 Å². The molecule has 0 atom stereocenters. The highest BCUT2D eigenvalue weighted by molar-refractivity contribution is 6.30. The van der Waals surface area contributed by atoms with Crippen molar-refractivity contribution in [3.63, 3.8) is 0 Å². The van der Waals surface area contributed by atoms with Gasteiger partial charge < -0.3 is 10.2 Å². The molecule has 2 aromatic rings. The summed E-state index contributed by atoms with van der Waals surface area (Å²) in [6.07, 6.45) is 2.18. The molecule has 1 saturated heterocycles. The molecule has 5 nitrogen and oxygen atoms in total. The van der Waals surface area contributed by atoms with Crippen molar-refractivity contribution in [1.82, 2.24) is 15.0 Å². The van der Waals surface area contributed by atoms with Crippen LogP contribution in [0.4, 0.5) is 22.0 Å². The van der Waals surface area contributed by atoms with Gasteiger partial charge in [-0.15, -0.1) is 0 Å². The predicted octanol–water partition coefficient (Wildman–Crippen LogP) is 3.66. The fourth-order valence-corrected chi connectivity index (χ4v) is 2.50. The van der Waals surface area contributed by atoms with E-state index in [9.17, 15) is 4.39 Å².